The van der Waals surface area contributed by atoms with E-state index in [1.165, 1.54) is 37.7 Å². The van der Waals surface area contributed by atoms with Crippen molar-refractivity contribution < 1.29 is 4.74 Å². The maximum Gasteiger partial charge on any atom is 0.138 e. The maximum absolute atomic E-state index is 6.31. The summed E-state index contributed by atoms with van der Waals surface area (Å²) < 4.78 is 7.38. The van der Waals surface area contributed by atoms with Gasteiger partial charge in [-0.3, -0.25) is 0 Å². The average molecular weight is 326 g/mol. The fourth-order valence-electron chi connectivity index (χ4n) is 2.90. The highest BCUT2D eigenvalue weighted by Gasteiger charge is 2.23. The lowest BCUT2D eigenvalue weighted by atomic mass is 9.85. The first kappa shape index (κ1) is 14.9. The monoisotopic (exact) mass is 325 g/mol. The quantitative estimate of drug-likeness (QED) is 0.859. The molecule has 0 spiro atoms. The Bertz CT molecular complexity index is 408. The van der Waals surface area contributed by atoms with Crippen LogP contribution in [-0.4, -0.2) is 13.2 Å². The fraction of sp³-hybridized carbons (Fsp3) is 0.625. The highest BCUT2D eigenvalue weighted by molar-refractivity contribution is 9.10. The summed E-state index contributed by atoms with van der Waals surface area (Å²) in [6.45, 7) is 3.14. The number of halogens is 1. The lowest BCUT2D eigenvalue weighted by Crippen LogP contribution is -2.26. The van der Waals surface area contributed by atoms with Gasteiger partial charge in [0.15, 0.2) is 0 Å². The van der Waals surface area contributed by atoms with Crippen molar-refractivity contribution in [2.75, 3.05) is 7.05 Å². The Balaban J connectivity index is 2.09. The zero-order valence-electron chi connectivity index (χ0n) is 11.9. The van der Waals surface area contributed by atoms with Crippen LogP contribution in [0, 0.1) is 5.92 Å². The summed E-state index contributed by atoms with van der Waals surface area (Å²) in [5.41, 5.74) is 1.23. The molecule has 0 amide bonds. The molecule has 2 nitrogen and oxygen atoms in total. The van der Waals surface area contributed by atoms with E-state index >= 15 is 0 Å². The zero-order chi connectivity index (χ0) is 13.7. The summed E-state index contributed by atoms with van der Waals surface area (Å²) in [7, 11) is 1.97. The molecule has 2 rings (SSSR count). The van der Waals surface area contributed by atoms with Crippen molar-refractivity contribution in [3.8, 4) is 5.75 Å². The topological polar surface area (TPSA) is 21.3 Å². The molecule has 0 saturated heterocycles. The fourth-order valence-corrected chi connectivity index (χ4v) is 3.40. The molecule has 1 saturated carbocycles. The lowest BCUT2D eigenvalue weighted by molar-refractivity contribution is 0.120. The molecule has 106 valence electrons. The van der Waals surface area contributed by atoms with Gasteiger partial charge in [0, 0.05) is 12.1 Å². The first-order chi connectivity index (χ1) is 9.24. The molecular formula is C16H24BrNO. The predicted molar refractivity (Wildman–Crippen MR) is 83.6 cm³/mol. The van der Waals surface area contributed by atoms with Gasteiger partial charge in [0.05, 0.1) is 10.6 Å². The van der Waals surface area contributed by atoms with Gasteiger partial charge in [-0.25, -0.2) is 0 Å². The minimum absolute atomic E-state index is 0.382. The van der Waals surface area contributed by atoms with Gasteiger partial charge in [0.2, 0.25) is 0 Å². The van der Waals surface area contributed by atoms with Gasteiger partial charge in [0.1, 0.15) is 5.75 Å². The first-order valence-electron chi connectivity index (χ1n) is 7.33. The summed E-state index contributed by atoms with van der Waals surface area (Å²) in [5, 5.41) is 3.21. The van der Waals surface area contributed by atoms with Crippen LogP contribution in [0.5, 0.6) is 5.75 Å². The van der Waals surface area contributed by atoms with Crippen LogP contribution in [0.3, 0.4) is 0 Å². The Morgan fingerprint density at radius 2 is 2.21 bits per heavy atom. The molecule has 2 unspecified atom stereocenters. The minimum Gasteiger partial charge on any atom is -0.489 e. The second kappa shape index (κ2) is 7.30. The number of rotatable bonds is 5. The summed E-state index contributed by atoms with van der Waals surface area (Å²) in [6, 6.07) is 6.27. The van der Waals surface area contributed by atoms with Crippen LogP contribution in [0.2, 0.25) is 0 Å². The minimum atomic E-state index is 0.382. The number of ether oxygens (including phenoxy) is 1. The van der Waals surface area contributed by atoms with E-state index < -0.39 is 0 Å². The molecule has 19 heavy (non-hydrogen) atoms. The van der Waals surface area contributed by atoms with E-state index in [2.05, 4.69) is 46.4 Å². The average Bonchev–Trinajstić information content (AvgIpc) is 2.43. The Hall–Kier alpha value is -0.540. The third kappa shape index (κ3) is 3.96. The van der Waals surface area contributed by atoms with Crippen LogP contribution in [0.15, 0.2) is 22.7 Å². The second-order valence-corrected chi connectivity index (χ2v) is 6.29. The van der Waals surface area contributed by atoms with Gasteiger partial charge in [0.25, 0.3) is 0 Å². The van der Waals surface area contributed by atoms with E-state index in [0.29, 0.717) is 6.10 Å². The Morgan fingerprint density at radius 1 is 1.37 bits per heavy atom. The van der Waals surface area contributed by atoms with Crippen LogP contribution in [0.4, 0.5) is 0 Å². The summed E-state index contributed by atoms with van der Waals surface area (Å²) >= 11 is 3.62. The molecule has 1 aromatic rings. The van der Waals surface area contributed by atoms with E-state index in [9.17, 15) is 0 Å². The van der Waals surface area contributed by atoms with Crippen LogP contribution in [0.1, 0.15) is 44.6 Å². The van der Waals surface area contributed by atoms with Crippen molar-refractivity contribution in [3.05, 3.63) is 28.2 Å². The molecule has 0 aromatic heterocycles. The van der Waals surface area contributed by atoms with Gasteiger partial charge in [-0.15, -0.1) is 0 Å². The molecule has 2 atom stereocenters. The molecule has 1 N–H and O–H groups in total. The van der Waals surface area contributed by atoms with Gasteiger partial charge in [-0.05, 0) is 54.2 Å². The summed E-state index contributed by atoms with van der Waals surface area (Å²) in [5.74, 6) is 1.87. The van der Waals surface area contributed by atoms with Crippen LogP contribution >= 0.6 is 15.9 Å². The van der Waals surface area contributed by atoms with Gasteiger partial charge in [-0.1, -0.05) is 31.9 Å². The number of hydrogen-bond acceptors (Lipinski definition) is 2. The van der Waals surface area contributed by atoms with Gasteiger partial charge < -0.3 is 10.1 Å². The van der Waals surface area contributed by atoms with E-state index in [1.807, 2.05) is 7.05 Å². The van der Waals surface area contributed by atoms with Crippen LogP contribution < -0.4 is 10.1 Å². The van der Waals surface area contributed by atoms with Crippen molar-refractivity contribution in [3.63, 3.8) is 0 Å². The third-order valence-electron chi connectivity index (χ3n) is 4.01. The second-order valence-electron chi connectivity index (χ2n) is 5.44. The summed E-state index contributed by atoms with van der Waals surface area (Å²) in [4.78, 5) is 0. The standard InChI is InChI=1S/C16H24BrNO/c1-3-12-6-4-8-14(10-12)19-16-13(11-18-2)7-5-9-15(16)17/h5,7,9,12,14,18H,3-4,6,8,10-11H2,1-2H3. The highest BCUT2D eigenvalue weighted by atomic mass is 79.9. The number of hydrogen-bond donors (Lipinski definition) is 1. The Morgan fingerprint density at radius 3 is 2.95 bits per heavy atom. The van der Waals surface area contributed by atoms with Crippen molar-refractivity contribution in [2.45, 2.75) is 51.7 Å². The molecule has 0 radical (unpaired) electrons. The van der Waals surface area contributed by atoms with Gasteiger partial charge >= 0.3 is 0 Å². The predicted octanol–water partition coefficient (Wildman–Crippen LogP) is 4.52. The number of nitrogens with one attached hydrogen (secondary N) is 1. The van der Waals surface area contributed by atoms with E-state index in [1.54, 1.807) is 0 Å². The SMILES string of the molecule is CCC1CCCC(Oc2c(Br)cccc2CNC)C1. The van der Waals surface area contributed by atoms with E-state index in [0.717, 1.165) is 22.7 Å². The Kier molecular flexibility index (Phi) is 5.71. The zero-order valence-corrected chi connectivity index (χ0v) is 13.5. The maximum atomic E-state index is 6.31. The van der Waals surface area contributed by atoms with Crippen LogP contribution in [0.25, 0.3) is 0 Å². The largest absolute Gasteiger partial charge is 0.489 e. The molecule has 0 bridgehead atoms. The first-order valence-corrected chi connectivity index (χ1v) is 8.12. The number of benzene rings is 1. The highest BCUT2D eigenvalue weighted by Crippen LogP contribution is 2.34. The van der Waals surface area contributed by atoms with Crippen molar-refractivity contribution in [1.29, 1.82) is 0 Å². The third-order valence-corrected chi connectivity index (χ3v) is 4.64. The van der Waals surface area contributed by atoms with Crippen molar-refractivity contribution in [1.82, 2.24) is 5.32 Å². The molecule has 0 aliphatic heterocycles. The molecule has 1 fully saturated rings. The number of para-hydroxylation sites is 1. The molecule has 1 aliphatic rings. The molecular weight excluding hydrogens is 302 g/mol. The van der Waals surface area contributed by atoms with E-state index in [-0.39, 0.29) is 0 Å². The lowest BCUT2D eigenvalue weighted by Gasteiger charge is -2.30. The van der Waals surface area contributed by atoms with Crippen molar-refractivity contribution >= 4 is 15.9 Å². The van der Waals surface area contributed by atoms with Gasteiger partial charge in [-0.2, -0.15) is 0 Å². The van der Waals surface area contributed by atoms with Crippen molar-refractivity contribution in [2.24, 2.45) is 5.92 Å². The Labute approximate surface area is 125 Å². The summed E-state index contributed by atoms with van der Waals surface area (Å²) in [6.07, 6.45) is 6.73. The molecule has 0 heterocycles. The van der Waals surface area contributed by atoms with Crippen LogP contribution in [-0.2, 0) is 6.54 Å². The molecule has 1 aromatic carbocycles. The smallest absolute Gasteiger partial charge is 0.138 e. The molecule has 3 heteroatoms. The van der Waals surface area contributed by atoms with E-state index in [4.69, 9.17) is 4.74 Å². The normalized spacial score (nSPS) is 23.3. The molecule has 1 aliphatic carbocycles.